The second kappa shape index (κ2) is 8.09. The molecule has 0 aliphatic carbocycles. The molecule has 0 atom stereocenters. The molecule has 1 amide bonds. The Morgan fingerprint density at radius 2 is 1.94 bits per heavy atom. The van der Waals surface area contributed by atoms with Gasteiger partial charge in [-0.15, -0.1) is 0 Å². The Hall–Kier alpha value is -3.71. The fourth-order valence-corrected chi connectivity index (χ4v) is 4.79. The monoisotopic (exact) mass is 443 g/mol. The SMILES string of the molecule is COc1cccc2cc(C(=O)N(Cc3ccccn3)c3nc4c(C)ccc(C)c4s3)oc12. The second-order valence-electron chi connectivity index (χ2n) is 7.58. The van der Waals surface area contributed by atoms with Gasteiger partial charge in [0.25, 0.3) is 5.91 Å². The van der Waals surface area contributed by atoms with Crippen molar-refractivity contribution in [2.75, 3.05) is 12.0 Å². The Morgan fingerprint density at radius 1 is 1.09 bits per heavy atom. The van der Waals surface area contributed by atoms with Crippen molar-refractivity contribution in [3.8, 4) is 5.75 Å². The number of amides is 1. The van der Waals surface area contributed by atoms with Gasteiger partial charge in [-0.3, -0.25) is 14.7 Å². The van der Waals surface area contributed by atoms with Crippen LogP contribution in [-0.4, -0.2) is 23.0 Å². The van der Waals surface area contributed by atoms with E-state index in [1.54, 1.807) is 24.3 Å². The highest BCUT2D eigenvalue weighted by Crippen LogP contribution is 2.35. The van der Waals surface area contributed by atoms with Crippen molar-refractivity contribution >= 4 is 43.6 Å². The quantitative estimate of drug-likeness (QED) is 0.338. The lowest BCUT2D eigenvalue weighted by Crippen LogP contribution is -2.30. The van der Waals surface area contributed by atoms with Gasteiger partial charge in [-0.1, -0.05) is 41.7 Å². The molecule has 0 aliphatic rings. The molecule has 0 fully saturated rings. The molecule has 0 saturated heterocycles. The predicted molar refractivity (Wildman–Crippen MR) is 127 cm³/mol. The molecule has 5 aromatic rings. The zero-order chi connectivity index (χ0) is 22.2. The smallest absolute Gasteiger partial charge is 0.296 e. The first-order valence-corrected chi connectivity index (χ1v) is 11.0. The number of fused-ring (bicyclic) bond motifs is 2. The molecule has 32 heavy (non-hydrogen) atoms. The van der Waals surface area contributed by atoms with E-state index in [9.17, 15) is 4.79 Å². The third-order valence-corrected chi connectivity index (χ3v) is 6.61. The highest BCUT2D eigenvalue weighted by atomic mass is 32.1. The Morgan fingerprint density at radius 3 is 2.69 bits per heavy atom. The molecule has 0 N–H and O–H groups in total. The standard InChI is InChI=1S/C25H21N3O3S/c1-15-10-11-16(2)23-21(15)27-25(32-23)28(14-18-8-4-5-12-26-18)24(29)20-13-17-7-6-9-19(30-3)22(17)31-20/h4-13H,14H2,1-3H3. The summed E-state index contributed by atoms with van der Waals surface area (Å²) in [6.45, 7) is 4.37. The van der Waals surface area contributed by atoms with Crippen LogP contribution in [0, 0.1) is 13.8 Å². The number of aromatic nitrogens is 2. The second-order valence-corrected chi connectivity index (χ2v) is 8.55. The summed E-state index contributed by atoms with van der Waals surface area (Å²) in [7, 11) is 1.58. The average molecular weight is 444 g/mol. The zero-order valence-electron chi connectivity index (χ0n) is 18.0. The molecule has 3 heterocycles. The molecule has 2 aromatic carbocycles. The molecule has 6 nitrogen and oxygen atoms in total. The number of thiazole rings is 1. The topological polar surface area (TPSA) is 68.5 Å². The van der Waals surface area contributed by atoms with E-state index in [1.807, 2.05) is 43.3 Å². The largest absolute Gasteiger partial charge is 0.493 e. The van der Waals surface area contributed by atoms with Crippen molar-refractivity contribution in [3.05, 3.63) is 83.4 Å². The Bertz CT molecular complexity index is 1400. The first kappa shape index (κ1) is 20.2. The van der Waals surface area contributed by atoms with Crippen LogP contribution in [-0.2, 0) is 6.54 Å². The fraction of sp³-hybridized carbons (Fsp3) is 0.160. The Balaban J connectivity index is 1.62. The van der Waals surface area contributed by atoms with Crippen LogP contribution in [0.4, 0.5) is 5.13 Å². The third-order valence-electron chi connectivity index (χ3n) is 5.39. The number of nitrogens with zero attached hydrogens (tertiary/aromatic N) is 3. The lowest BCUT2D eigenvalue weighted by Gasteiger charge is -2.18. The number of para-hydroxylation sites is 1. The van der Waals surface area contributed by atoms with Gasteiger partial charge in [-0.25, -0.2) is 4.98 Å². The molecule has 0 spiro atoms. The molecule has 0 saturated carbocycles. The van der Waals surface area contributed by atoms with E-state index in [2.05, 4.69) is 24.0 Å². The Labute approximate surface area is 189 Å². The maximum absolute atomic E-state index is 13.7. The number of hydrogen-bond acceptors (Lipinski definition) is 6. The summed E-state index contributed by atoms with van der Waals surface area (Å²) >= 11 is 1.50. The summed E-state index contributed by atoms with van der Waals surface area (Å²) in [6.07, 6.45) is 1.72. The van der Waals surface area contributed by atoms with Gasteiger partial charge in [0.1, 0.15) is 0 Å². The molecule has 5 rings (SSSR count). The van der Waals surface area contributed by atoms with E-state index < -0.39 is 0 Å². The van der Waals surface area contributed by atoms with Gasteiger partial charge in [0.2, 0.25) is 0 Å². The van der Waals surface area contributed by atoms with E-state index in [-0.39, 0.29) is 18.2 Å². The molecule has 0 unspecified atom stereocenters. The predicted octanol–water partition coefficient (Wildman–Crippen LogP) is 5.91. The van der Waals surface area contributed by atoms with Gasteiger partial charge in [0.05, 0.1) is 29.6 Å². The maximum atomic E-state index is 13.7. The number of furan rings is 1. The maximum Gasteiger partial charge on any atom is 0.296 e. The minimum absolute atomic E-state index is 0.230. The highest BCUT2D eigenvalue weighted by Gasteiger charge is 2.26. The molecule has 7 heteroatoms. The number of benzene rings is 2. The summed E-state index contributed by atoms with van der Waals surface area (Å²) in [4.78, 5) is 24.6. The Kier molecular flexibility index (Phi) is 5.11. The minimum atomic E-state index is -0.275. The minimum Gasteiger partial charge on any atom is -0.493 e. The van der Waals surface area contributed by atoms with E-state index >= 15 is 0 Å². The van der Waals surface area contributed by atoms with Crippen LogP contribution >= 0.6 is 11.3 Å². The van der Waals surface area contributed by atoms with Gasteiger partial charge in [-0.05, 0) is 49.2 Å². The van der Waals surface area contributed by atoms with Crippen molar-refractivity contribution in [1.82, 2.24) is 9.97 Å². The van der Waals surface area contributed by atoms with Gasteiger partial charge >= 0.3 is 0 Å². The number of ether oxygens (including phenoxy) is 1. The molecule has 0 aliphatic heterocycles. The van der Waals surface area contributed by atoms with Crippen molar-refractivity contribution < 1.29 is 13.9 Å². The van der Waals surface area contributed by atoms with E-state index in [1.165, 1.54) is 11.3 Å². The van der Waals surface area contributed by atoms with Crippen LogP contribution in [0.1, 0.15) is 27.4 Å². The number of anilines is 1. The summed E-state index contributed by atoms with van der Waals surface area (Å²) < 4.78 is 12.4. The summed E-state index contributed by atoms with van der Waals surface area (Å²) in [5, 5.41) is 1.42. The van der Waals surface area contributed by atoms with Crippen LogP contribution < -0.4 is 9.64 Å². The van der Waals surface area contributed by atoms with Crippen LogP contribution in [0.15, 0.2) is 65.2 Å². The van der Waals surface area contributed by atoms with E-state index in [4.69, 9.17) is 14.1 Å². The number of pyridine rings is 1. The molecular formula is C25H21N3O3S. The summed E-state index contributed by atoms with van der Waals surface area (Å²) in [5.74, 6) is 0.542. The van der Waals surface area contributed by atoms with E-state index in [0.29, 0.717) is 16.5 Å². The van der Waals surface area contributed by atoms with Crippen LogP contribution in [0.3, 0.4) is 0 Å². The van der Waals surface area contributed by atoms with Crippen molar-refractivity contribution in [3.63, 3.8) is 0 Å². The molecule has 0 radical (unpaired) electrons. The molecular weight excluding hydrogens is 422 g/mol. The number of hydrogen-bond donors (Lipinski definition) is 0. The highest BCUT2D eigenvalue weighted by molar-refractivity contribution is 7.22. The van der Waals surface area contributed by atoms with Crippen molar-refractivity contribution in [2.24, 2.45) is 0 Å². The first-order chi connectivity index (χ1) is 15.5. The fourth-order valence-electron chi connectivity index (χ4n) is 3.68. The van der Waals surface area contributed by atoms with E-state index in [0.717, 1.165) is 32.4 Å². The van der Waals surface area contributed by atoms with Crippen molar-refractivity contribution in [2.45, 2.75) is 20.4 Å². The summed E-state index contributed by atoms with van der Waals surface area (Å²) in [6, 6.07) is 17.1. The zero-order valence-corrected chi connectivity index (χ0v) is 18.8. The lowest BCUT2D eigenvalue weighted by atomic mass is 10.1. The number of carbonyl (C=O) groups is 1. The summed E-state index contributed by atoms with van der Waals surface area (Å²) in [5.41, 5.74) is 4.43. The number of rotatable bonds is 5. The van der Waals surface area contributed by atoms with Crippen LogP contribution in [0.25, 0.3) is 21.2 Å². The first-order valence-electron chi connectivity index (χ1n) is 10.2. The normalized spacial score (nSPS) is 11.2. The molecule has 0 bridgehead atoms. The lowest BCUT2D eigenvalue weighted by molar-refractivity contribution is 0.0960. The number of aryl methyl sites for hydroxylation is 2. The van der Waals surface area contributed by atoms with Crippen molar-refractivity contribution in [1.29, 1.82) is 0 Å². The van der Waals surface area contributed by atoms with Crippen LogP contribution in [0.2, 0.25) is 0 Å². The van der Waals surface area contributed by atoms with Crippen LogP contribution in [0.5, 0.6) is 5.75 Å². The number of carbonyl (C=O) groups excluding carboxylic acids is 1. The third kappa shape index (κ3) is 3.50. The van der Waals surface area contributed by atoms with Gasteiger partial charge in [0, 0.05) is 11.6 Å². The van der Waals surface area contributed by atoms with Gasteiger partial charge in [0.15, 0.2) is 22.2 Å². The average Bonchev–Trinajstić information content (AvgIpc) is 3.45. The van der Waals surface area contributed by atoms with Gasteiger partial charge in [-0.2, -0.15) is 0 Å². The number of methoxy groups -OCH3 is 1. The van der Waals surface area contributed by atoms with Gasteiger partial charge < -0.3 is 9.15 Å². The molecule has 3 aromatic heterocycles. The molecule has 160 valence electrons.